The number of hydrogen-bond donors (Lipinski definition) is 3. The van der Waals surface area contributed by atoms with Gasteiger partial charge in [-0.3, -0.25) is 25.2 Å². The van der Waals surface area contributed by atoms with Crippen LogP contribution in [0.2, 0.25) is 10.0 Å². The molecule has 0 saturated heterocycles. The third-order valence-corrected chi connectivity index (χ3v) is 4.00. The molecule has 0 fully saturated rings. The number of rotatable bonds is 6. The number of halogens is 2. The van der Waals surface area contributed by atoms with Crippen LogP contribution < -0.4 is 20.9 Å². The topological polar surface area (TPSA) is 96.5 Å². The van der Waals surface area contributed by atoms with Crippen LogP contribution in [0.1, 0.15) is 23.2 Å². The van der Waals surface area contributed by atoms with Gasteiger partial charge < -0.3 is 10.1 Å². The van der Waals surface area contributed by atoms with Crippen LogP contribution in [0.5, 0.6) is 5.75 Å². The van der Waals surface area contributed by atoms with Gasteiger partial charge in [0.05, 0.1) is 23.4 Å². The molecule has 142 valence electrons. The van der Waals surface area contributed by atoms with Gasteiger partial charge in [-0.05, 0) is 30.3 Å². The van der Waals surface area contributed by atoms with E-state index < -0.39 is 17.7 Å². The predicted octanol–water partition coefficient (Wildman–Crippen LogP) is 3.18. The Bertz CT molecular complexity index is 858. The standard InChI is InChI=1S/C18H17Cl2N3O4/c1-27-15-5-3-2-4-12(15)18(26)23-22-17(25)9-8-16(24)21-14-7-6-11(19)10-13(14)20/h2-7,10H,8-9H2,1H3,(H,21,24)(H,22,25)(H,23,26). The third kappa shape index (κ3) is 6.16. The number of amides is 3. The number of para-hydroxylation sites is 1. The zero-order valence-electron chi connectivity index (χ0n) is 14.3. The highest BCUT2D eigenvalue weighted by Gasteiger charge is 2.13. The first-order chi connectivity index (χ1) is 12.9. The largest absolute Gasteiger partial charge is 0.496 e. The molecule has 0 atom stereocenters. The third-order valence-electron chi connectivity index (χ3n) is 3.45. The Kier molecular flexibility index (Phi) is 7.45. The van der Waals surface area contributed by atoms with E-state index in [1.54, 1.807) is 36.4 Å². The number of carbonyl (C=O) groups excluding carboxylic acids is 3. The molecule has 9 heteroatoms. The van der Waals surface area contributed by atoms with Crippen molar-refractivity contribution in [2.75, 3.05) is 12.4 Å². The molecule has 0 saturated carbocycles. The highest BCUT2D eigenvalue weighted by molar-refractivity contribution is 6.36. The number of hydrogen-bond acceptors (Lipinski definition) is 4. The molecule has 27 heavy (non-hydrogen) atoms. The molecule has 0 aliphatic heterocycles. The molecule has 2 aromatic carbocycles. The maximum atomic E-state index is 12.1. The van der Waals surface area contributed by atoms with Gasteiger partial charge in [0.15, 0.2) is 0 Å². The summed E-state index contributed by atoms with van der Waals surface area (Å²) in [5.74, 6) is -1.07. The molecule has 3 N–H and O–H groups in total. The monoisotopic (exact) mass is 409 g/mol. The molecule has 3 amide bonds. The summed E-state index contributed by atoms with van der Waals surface area (Å²) in [7, 11) is 1.44. The summed E-state index contributed by atoms with van der Waals surface area (Å²) >= 11 is 11.8. The van der Waals surface area contributed by atoms with Crippen LogP contribution in [-0.2, 0) is 9.59 Å². The quantitative estimate of drug-likeness (QED) is 0.638. The zero-order valence-corrected chi connectivity index (χ0v) is 15.9. The number of ether oxygens (including phenoxy) is 1. The van der Waals surface area contributed by atoms with E-state index in [2.05, 4.69) is 16.2 Å². The molecule has 2 aromatic rings. The minimum Gasteiger partial charge on any atom is -0.496 e. The van der Waals surface area contributed by atoms with Crippen molar-refractivity contribution in [2.24, 2.45) is 0 Å². The lowest BCUT2D eigenvalue weighted by Crippen LogP contribution is -2.41. The summed E-state index contributed by atoms with van der Waals surface area (Å²) < 4.78 is 5.08. The average molecular weight is 410 g/mol. The Labute approximate surface area is 166 Å². The Balaban J connectivity index is 1.78. The first-order valence-electron chi connectivity index (χ1n) is 7.88. The fraction of sp³-hybridized carbons (Fsp3) is 0.167. The van der Waals surface area contributed by atoms with Crippen molar-refractivity contribution in [3.8, 4) is 5.75 Å². The lowest BCUT2D eigenvalue weighted by Gasteiger charge is -2.10. The fourth-order valence-corrected chi connectivity index (χ4v) is 2.57. The van der Waals surface area contributed by atoms with Crippen LogP contribution in [0.3, 0.4) is 0 Å². The number of benzene rings is 2. The summed E-state index contributed by atoms with van der Waals surface area (Å²) in [4.78, 5) is 35.8. The first kappa shape index (κ1) is 20.5. The molecular formula is C18H17Cl2N3O4. The molecular weight excluding hydrogens is 393 g/mol. The van der Waals surface area contributed by atoms with Gasteiger partial charge in [0, 0.05) is 17.9 Å². The molecule has 7 nitrogen and oxygen atoms in total. The van der Waals surface area contributed by atoms with Crippen LogP contribution in [-0.4, -0.2) is 24.8 Å². The van der Waals surface area contributed by atoms with E-state index in [4.69, 9.17) is 27.9 Å². The molecule has 0 spiro atoms. The maximum absolute atomic E-state index is 12.1. The van der Waals surface area contributed by atoms with Crippen molar-refractivity contribution in [3.05, 3.63) is 58.1 Å². The SMILES string of the molecule is COc1ccccc1C(=O)NNC(=O)CCC(=O)Nc1ccc(Cl)cc1Cl. The van der Waals surface area contributed by atoms with Crippen LogP contribution >= 0.6 is 23.2 Å². The minimum atomic E-state index is -0.529. The predicted molar refractivity (Wildman–Crippen MR) is 103 cm³/mol. The molecule has 0 aliphatic carbocycles. The van der Waals surface area contributed by atoms with Crippen molar-refractivity contribution in [3.63, 3.8) is 0 Å². The fourth-order valence-electron chi connectivity index (χ4n) is 2.12. The van der Waals surface area contributed by atoms with Crippen molar-refractivity contribution in [2.45, 2.75) is 12.8 Å². The van der Waals surface area contributed by atoms with Gasteiger partial charge in [0.25, 0.3) is 5.91 Å². The van der Waals surface area contributed by atoms with Crippen molar-refractivity contribution < 1.29 is 19.1 Å². The first-order valence-corrected chi connectivity index (χ1v) is 8.63. The molecule has 0 bridgehead atoms. The van der Waals surface area contributed by atoms with Gasteiger partial charge in [0.2, 0.25) is 11.8 Å². The van der Waals surface area contributed by atoms with Gasteiger partial charge in [-0.2, -0.15) is 0 Å². The van der Waals surface area contributed by atoms with E-state index in [1.807, 2.05) is 0 Å². The summed E-state index contributed by atoms with van der Waals surface area (Å²) in [6.07, 6.45) is -0.210. The van der Waals surface area contributed by atoms with E-state index in [0.29, 0.717) is 21.5 Å². The molecule has 0 aliphatic rings. The van der Waals surface area contributed by atoms with Crippen LogP contribution in [0.25, 0.3) is 0 Å². The van der Waals surface area contributed by atoms with Crippen molar-refractivity contribution in [1.29, 1.82) is 0 Å². The number of nitrogens with one attached hydrogen (secondary N) is 3. The molecule has 0 unspecified atom stereocenters. The summed E-state index contributed by atoms with van der Waals surface area (Å²) in [5, 5.41) is 3.33. The highest BCUT2D eigenvalue weighted by Crippen LogP contribution is 2.25. The summed E-state index contributed by atoms with van der Waals surface area (Å²) in [6.45, 7) is 0. The molecule has 0 radical (unpaired) electrons. The second kappa shape index (κ2) is 9.80. The van der Waals surface area contributed by atoms with Gasteiger partial charge in [-0.25, -0.2) is 0 Å². The summed E-state index contributed by atoms with van der Waals surface area (Å²) in [6, 6.07) is 11.2. The Hall–Kier alpha value is -2.77. The Morgan fingerprint density at radius 2 is 1.67 bits per heavy atom. The van der Waals surface area contributed by atoms with Gasteiger partial charge in [-0.1, -0.05) is 35.3 Å². The molecule has 0 heterocycles. The van der Waals surface area contributed by atoms with Crippen LogP contribution in [0.15, 0.2) is 42.5 Å². The molecule has 0 aromatic heterocycles. The van der Waals surface area contributed by atoms with Gasteiger partial charge >= 0.3 is 0 Å². The van der Waals surface area contributed by atoms with Crippen LogP contribution in [0.4, 0.5) is 5.69 Å². The smallest absolute Gasteiger partial charge is 0.273 e. The Morgan fingerprint density at radius 1 is 0.963 bits per heavy atom. The second-order valence-electron chi connectivity index (χ2n) is 5.37. The van der Waals surface area contributed by atoms with Crippen LogP contribution in [0, 0.1) is 0 Å². The normalized spacial score (nSPS) is 10.0. The van der Waals surface area contributed by atoms with Gasteiger partial charge in [0.1, 0.15) is 5.75 Å². The van der Waals surface area contributed by atoms with E-state index in [-0.39, 0.29) is 18.4 Å². The minimum absolute atomic E-state index is 0.0880. The molecule has 2 rings (SSSR count). The number of methoxy groups -OCH3 is 1. The average Bonchev–Trinajstić information content (AvgIpc) is 2.66. The van der Waals surface area contributed by atoms with E-state index in [9.17, 15) is 14.4 Å². The maximum Gasteiger partial charge on any atom is 0.273 e. The number of carbonyl (C=O) groups is 3. The second-order valence-corrected chi connectivity index (χ2v) is 6.22. The highest BCUT2D eigenvalue weighted by atomic mass is 35.5. The zero-order chi connectivity index (χ0) is 19.8. The number of anilines is 1. The van der Waals surface area contributed by atoms with Crippen molar-refractivity contribution in [1.82, 2.24) is 10.9 Å². The van der Waals surface area contributed by atoms with E-state index in [0.717, 1.165) is 0 Å². The van der Waals surface area contributed by atoms with E-state index in [1.165, 1.54) is 13.2 Å². The lowest BCUT2D eigenvalue weighted by atomic mass is 10.2. The summed E-state index contributed by atoms with van der Waals surface area (Å²) in [5.41, 5.74) is 5.20. The van der Waals surface area contributed by atoms with Crippen molar-refractivity contribution >= 4 is 46.6 Å². The number of hydrazine groups is 1. The Morgan fingerprint density at radius 3 is 2.37 bits per heavy atom. The van der Waals surface area contributed by atoms with Gasteiger partial charge in [-0.15, -0.1) is 0 Å². The van der Waals surface area contributed by atoms with E-state index >= 15 is 0 Å². The lowest BCUT2D eigenvalue weighted by molar-refractivity contribution is -0.124.